The first-order valence-electron chi connectivity index (χ1n) is 15.8. The van der Waals surface area contributed by atoms with E-state index in [1.165, 1.54) is 38.5 Å². The van der Waals surface area contributed by atoms with Gasteiger partial charge in [0.05, 0.1) is 40.2 Å². The number of nitrogens with zero attached hydrogens (tertiary/aromatic N) is 1. The summed E-state index contributed by atoms with van der Waals surface area (Å²) in [5, 5.41) is 9.32. The maximum absolute atomic E-state index is 13.9. The Morgan fingerprint density at radius 1 is 1.02 bits per heavy atom. The van der Waals surface area contributed by atoms with Crippen LogP contribution in [0.1, 0.15) is 85.9 Å². The van der Waals surface area contributed by atoms with E-state index >= 15 is 0 Å². The molecule has 13 heteroatoms. The van der Waals surface area contributed by atoms with Gasteiger partial charge in [-0.05, 0) is 59.6 Å². The van der Waals surface area contributed by atoms with Crippen LogP contribution in [0.15, 0.2) is 29.1 Å². The molecule has 1 aromatic heterocycles. The van der Waals surface area contributed by atoms with E-state index in [2.05, 4.69) is 20.9 Å². The number of rotatable bonds is 12. The van der Waals surface area contributed by atoms with Crippen molar-refractivity contribution < 1.29 is 33.3 Å². The summed E-state index contributed by atoms with van der Waals surface area (Å²) in [4.78, 5) is 57.4. The van der Waals surface area contributed by atoms with E-state index in [0.717, 1.165) is 11.1 Å². The number of hydrogen-bond acceptors (Lipinski definition) is 11. The van der Waals surface area contributed by atoms with E-state index in [4.69, 9.17) is 18.9 Å². The molecule has 0 unspecified atom stereocenters. The molecule has 12 nitrogen and oxygen atoms in total. The largest absolute Gasteiger partial charge is 0.493 e. The van der Waals surface area contributed by atoms with Crippen LogP contribution in [0.2, 0.25) is 0 Å². The third kappa shape index (κ3) is 7.40. The molecule has 1 aliphatic carbocycles. The minimum atomic E-state index is -0.824. The maximum Gasteiger partial charge on any atom is 0.357 e. The van der Waals surface area contributed by atoms with Gasteiger partial charge in [-0.15, -0.1) is 11.3 Å². The summed E-state index contributed by atoms with van der Waals surface area (Å²) in [6.07, 6.45) is 1.72. The summed E-state index contributed by atoms with van der Waals surface area (Å²) in [6, 6.07) is 5.55. The van der Waals surface area contributed by atoms with Gasteiger partial charge in [-0.2, -0.15) is 0 Å². The van der Waals surface area contributed by atoms with E-state index in [1.807, 2.05) is 33.8 Å². The lowest BCUT2D eigenvalue weighted by Crippen LogP contribution is -2.40. The Labute approximate surface area is 284 Å². The molecule has 0 spiro atoms. The number of esters is 1. The first-order valence-corrected chi connectivity index (χ1v) is 16.6. The molecule has 0 bridgehead atoms. The van der Waals surface area contributed by atoms with Crippen LogP contribution >= 0.6 is 11.3 Å². The molecule has 4 rings (SSSR count). The van der Waals surface area contributed by atoms with Gasteiger partial charge in [0.1, 0.15) is 6.04 Å². The van der Waals surface area contributed by atoms with Crippen LogP contribution in [0.4, 0.5) is 10.8 Å². The number of anilines is 2. The van der Waals surface area contributed by atoms with Crippen LogP contribution in [0, 0.1) is 5.92 Å². The summed E-state index contributed by atoms with van der Waals surface area (Å²) in [5.74, 6) is -0.0755. The van der Waals surface area contributed by atoms with E-state index in [0.29, 0.717) is 52.5 Å². The molecule has 3 N–H and O–H groups in total. The van der Waals surface area contributed by atoms with Crippen molar-refractivity contribution in [2.24, 2.45) is 5.92 Å². The van der Waals surface area contributed by atoms with E-state index in [9.17, 15) is 19.2 Å². The Kier molecular flexibility index (Phi) is 11.7. The number of carbonyl (C=O) groups is 3. The molecule has 0 radical (unpaired) electrons. The number of thiazole rings is 1. The fraction of sp³-hybridized carbons (Fsp3) is 0.457. The second-order valence-corrected chi connectivity index (χ2v) is 13.0. The smallest absolute Gasteiger partial charge is 0.357 e. The van der Waals surface area contributed by atoms with Crippen molar-refractivity contribution in [3.8, 4) is 28.4 Å². The molecule has 1 heterocycles. The molecular weight excluding hydrogens is 636 g/mol. The predicted molar refractivity (Wildman–Crippen MR) is 186 cm³/mol. The van der Waals surface area contributed by atoms with Gasteiger partial charge in [-0.3, -0.25) is 14.4 Å². The molecule has 0 saturated carbocycles. The van der Waals surface area contributed by atoms with Gasteiger partial charge >= 0.3 is 5.97 Å². The standard InChI is InChI=1S/C35H44N4O8S/c1-10-18(4)28(33(42)39-35-38-29(34(43)47-9)32(48-35)17(2)3)37-24-14-12-21-22(16-25(24)41)23(36-19(5)40)13-11-20-15-26(44-6)30(45-7)31(46-8)27(20)21/h12,14-18,23,28H,10-11,13H2,1-9H3,(H,36,40)(H,37,41)(H,38,39,42)/t18-,23-,28+/m0/s1. The number of amides is 2. The van der Waals surface area contributed by atoms with Crippen molar-refractivity contribution in [2.75, 3.05) is 39.1 Å². The first-order chi connectivity index (χ1) is 22.9. The zero-order valence-corrected chi connectivity index (χ0v) is 29.7. The lowest BCUT2D eigenvalue weighted by Gasteiger charge is -2.23. The van der Waals surface area contributed by atoms with Gasteiger partial charge in [0.25, 0.3) is 0 Å². The van der Waals surface area contributed by atoms with Crippen molar-refractivity contribution in [2.45, 2.75) is 71.9 Å². The van der Waals surface area contributed by atoms with Crippen LogP contribution in [-0.4, -0.2) is 57.2 Å². The van der Waals surface area contributed by atoms with Crippen LogP contribution in [0.5, 0.6) is 17.2 Å². The predicted octanol–water partition coefficient (Wildman–Crippen LogP) is 5.69. The van der Waals surface area contributed by atoms with E-state index < -0.39 is 24.0 Å². The number of fused-ring (bicyclic) bond motifs is 3. The van der Waals surface area contributed by atoms with Gasteiger partial charge in [0.2, 0.25) is 23.0 Å². The number of nitrogens with one attached hydrogen (secondary N) is 3. The zero-order valence-electron chi connectivity index (χ0n) is 28.9. The lowest BCUT2D eigenvalue weighted by molar-refractivity contribution is -0.120. The second kappa shape index (κ2) is 15.5. The topological polar surface area (TPSA) is 154 Å². The lowest BCUT2D eigenvalue weighted by atomic mass is 9.95. The highest BCUT2D eigenvalue weighted by Gasteiger charge is 2.31. The first kappa shape index (κ1) is 36.2. The van der Waals surface area contributed by atoms with Crippen LogP contribution in [-0.2, 0) is 20.7 Å². The van der Waals surface area contributed by atoms with E-state index in [-0.39, 0.29) is 39.7 Å². The highest BCUT2D eigenvalue weighted by Crippen LogP contribution is 2.50. The molecule has 0 fully saturated rings. The second-order valence-electron chi connectivity index (χ2n) is 12.0. The fourth-order valence-electron chi connectivity index (χ4n) is 5.90. The fourth-order valence-corrected chi connectivity index (χ4v) is 6.86. The minimum Gasteiger partial charge on any atom is -0.493 e. The average Bonchev–Trinajstić information content (AvgIpc) is 3.35. The molecule has 0 saturated heterocycles. The van der Waals surface area contributed by atoms with Gasteiger partial charge in [0, 0.05) is 17.4 Å². The van der Waals surface area contributed by atoms with Gasteiger partial charge in [0.15, 0.2) is 22.3 Å². The number of ether oxygens (including phenoxy) is 4. The molecule has 258 valence electrons. The molecular formula is C35H44N4O8S. The maximum atomic E-state index is 13.9. The molecule has 3 aromatic rings. The van der Waals surface area contributed by atoms with Crippen molar-refractivity contribution >= 4 is 39.9 Å². The van der Waals surface area contributed by atoms with Crippen LogP contribution in [0.25, 0.3) is 11.1 Å². The average molecular weight is 681 g/mol. The Bertz CT molecular complexity index is 1760. The monoisotopic (exact) mass is 680 g/mol. The van der Waals surface area contributed by atoms with E-state index in [1.54, 1.807) is 26.4 Å². The van der Waals surface area contributed by atoms with Crippen molar-refractivity contribution in [3.05, 3.63) is 56.2 Å². The number of hydrogen-bond donors (Lipinski definition) is 3. The third-order valence-electron chi connectivity index (χ3n) is 8.51. The molecule has 3 atom stereocenters. The zero-order chi connectivity index (χ0) is 35.3. The number of aromatic nitrogens is 1. The summed E-state index contributed by atoms with van der Waals surface area (Å²) >= 11 is 1.21. The number of aryl methyl sites for hydroxylation is 1. The van der Waals surface area contributed by atoms with Crippen LogP contribution in [0.3, 0.4) is 0 Å². The van der Waals surface area contributed by atoms with Gasteiger partial charge in [-0.1, -0.05) is 40.2 Å². The normalized spacial score (nSPS) is 14.8. The highest BCUT2D eigenvalue weighted by atomic mass is 32.1. The third-order valence-corrected chi connectivity index (χ3v) is 9.78. The Hall–Kier alpha value is -4.65. The number of methoxy groups -OCH3 is 4. The SMILES string of the molecule is CC[C@H](C)[C@@H](Nc1ccc2c(cc1=O)[C@@H](NC(C)=O)CCc1cc(OC)c(OC)c(OC)c1-2)C(=O)Nc1nc(C(=O)OC)c(C(C)C)s1. The molecule has 2 amide bonds. The van der Waals surface area contributed by atoms with Crippen molar-refractivity contribution in [1.29, 1.82) is 0 Å². The Balaban J connectivity index is 1.82. The van der Waals surface area contributed by atoms with Crippen molar-refractivity contribution in [1.82, 2.24) is 10.3 Å². The van der Waals surface area contributed by atoms with Crippen LogP contribution < -0.4 is 35.6 Å². The summed E-state index contributed by atoms with van der Waals surface area (Å²) in [6.45, 7) is 9.16. The molecule has 48 heavy (non-hydrogen) atoms. The van der Waals surface area contributed by atoms with Gasteiger partial charge in [-0.25, -0.2) is 9.78 Å². The Morgan fingerprint density at radius 2 is 1.73 bits per heavy atom. The minimum absolute atomic E-state index is 0.0144. The number of benzene rings is 1. The quantitative estimate of drug-likeness (QED) is 0.203. The number of carbonyl (C=O) groups excluding carboxylic acids is 3. The highest BCUT2D eigenvalue weighted by molar-refractivity contribution is 7.16. The summed E-state index contributed by atoms with van der Waals surface area (Å²) in [7, 11) is 5.90. The molecule has 1 aliphatic rings. The summed E-state index contributed by atoms with van der Waals surface area (Å²) < 4.78 is 22.0. The molecule has 2 aromatic carbocycles. The Morgan fingerprint density at radius 3 is 2.31 bits per heavy atom. The summed E-state index contributed by atoms with van der Waals surface area (Å²) in [5.41, 5.74) is 2.91. The van der Waals surface area contributed by atoms with Gasteiger partial charge < -0.3 is 34.9 Å². The molecule has 0 aliphatic heterocycles. The van der Waals surface area contributed by atoms with Crippen molar-refractivity contribution in [3.63, 3.8) is 0 Å².